The van der Waals surface area contributed by atoms with Gasteiger partial charge in [0.2, 0.25) is 11.8 Å². The summed E-state index contributed by atoms with van der Waals surface area (Å²) in [5.74, 6) is -0.201. The maximum absolute atomic E-state index is 13.2. The molecule has 0 radical (unpaired) electrons. The zero-order valence-electron chi connectivity index (χ0n) is 15.3. The number of imide groups is 1. The Morgan fingerprint density at radius 2 is 1.77 bits per heavy atom. The lowest BCUT2D eigenvalue weighted by Crippen LogP contribution is -2.41. The normalized spacial score (nSPS) is 27.0. The molecule has 5 heteroatoms. The molecule has 2 aliphatic heterocycles. The van der Waals surface area contributed by atoms with Crippen molar-refractivity contribution < 1.29 is 14.3 Å². The number of aryl methyl sites for hydroxylation is 1. The molecule has 138 valence electrons. The number of rotatable bonds is 3. The molecule has 4 rings (SSSR count). The van der Waals surface area contributed by atoms with Crippen LogP contribution in [-0.4, -0.2) is 43.0 Å². The van der Waals surface area contributed by atoms with Crippen molar-refractivity contribution in [1.29, 1.82) is 0 Å². The summed E-state index contributed by atoms with van der Waals surface area (Å²) in [7, 11) is 0. The van der Waals surface area contributed by atoms with Crippen molar-refractivity contribution in [3.05, 3.63) is 41.6 Å². The highest BCUT2D eigenvalue weighted by molar-refractivity contribution is 6.21. The van der Waals surface area contributed by atoms with Crippen LogP contribution in [0.2, 0.25) is 0 Å². The van der Waals surface area contributed by atoms with E-state index < -0.39 is 0 Å². The van der Waals surface area contributed by atoms with Crippen LogP contribution in [0.4, 0.5) is 5.69 Å². The minimum atomic E-state index is -0.238. The Bertz CT molecular complexity index is 719. The number of allylic oxidation sites excluding steroid dienone is 2. The topological polar surface area (TPSA) is 49.9 Å². The molecule has 0 unspecified atom stereocenters. The monoisotopic (exact) mass is 354 g/mol. The maximum atomic E-state index is 13.2. The van der Waals surface area contributed by atoms with E-state index in [2.05, 4.69) is 11.0 Å². The third kappa shape index (κ3) is 3.16. The van der Waals surface area contributed by atoms with Gasteiger partial charge in [-0.2, -0.15) is 0 Å². The van der Waals surface area contributed by atoms with E-state index in [-0.39, 0.29) is 23.7 Å². The van der Waals surface area contributed by atoms with Gasteiger partial charge in [-0.25, -0.2) is 0 Å². The van der Waals surface area contributed by atoms with Crippen LogP contribution in [0.1, 0.15) is 31.2 Å². The van der Waals surface area contributed by atoms with E-state index in [1.807, 2.05) is 31.2 Å². The average molecular weight is 354 g/mol. The largest absolute Gasteiger partial charge is 0.378 e. The molecule has 2 saturated heterocycles. The van der Waals surface area contributed by atoms with E-state index in [1.54, 1.807) is 0 Å². The summed E-state index contributed by atoms with van der Waals surface area (Å²) in [4.78, 5) is 29.6. The lowest BCUT2D eigenvalue weighted by Gasteiger charge is -2.38. The second-order valence-corrected chi connectivity index (χ2v) is 7.48. The van der Waals surface area contributed by atoms with Gasteiger partial charge in [0.1, 0.15) is 0 Å². The molecule has 1 aliphatic carbocycles. The Balaban J connectivity index is 1.57. The Morgan fingerprint density at radius 1 is 1.04 bits per heavy atom. The van der Waals surface area contributed by atoms with E-state index in [1.165, 1.54) is 10.6 Å². The molecule has 0 spiro atoms. The van der Waals surface area contributed by atoms with Gasteiger partial charge in [-0.05, 0) is 38.3 Å². The van der Waals surface area contributed by atoms with E-state index in [9.17, 15) is 9.59 Å². The van der Waals surface area contributed by atoms with Gasteiger partial charge in [0.15, 0.2) is 0 Å². The molecule has 2 fully saturated rings. The van der Waals surface area contributed by atoms with Gasteiger partial charge in [0, 0.05) is 31.1 Å². The maximum Gasteiger partial charge on any atom is 0.238 e. The van der Waals surface area contributed by atoms with Gasteiger partial charge in [0.25, 0.3) is 0 Å². The number of morpholine rings is 1. The lowest BCUT2D eigenvalue weighted by atomic mass is 9.80. The Kier molecular flexibility index (Phi) is 4.81. The second-order valence-electron chi connectivity index (χ2n) is 7.48. The fraction of sp³-hybridized carbons (Fsp3) is 0.524. The van der Waals surface area contributed by atoms with Crippen LogP contribution < -0.4 is 4.90 Å². The van der Waals surface area contributed by atoms with Gasteiger partial charge in [-0.15, -0.1) is 0 Å². The van der Waals surface area contributed by atoms with E-state index in [0.29, 0.717) is 12.1 Å². The van der Waals surface area contributed by atoms with Crippen molar-refractivity contribution in [2.75, 3.05) is 31.2 Å². The first-order chi connectivity index (χ1) is 12.6. The van der Waals surface area contributed by atoms with Gasteiger partial charge < -0.3 is 9.64 Å². The predicted molar refractivity (Wildman–Crippen MR) is 99.6 cm³/mol. The molecule has 2 amide bonds. The van der Waals surface area contributed by atoms with E-state index >= 15 is 0 Å². The van der Waals surface area contributed by atoms with Crippen molar-refractivity contribution in [3.63, 3.8) is 0 Å². The first-order valence-electron chi connectivity index (χ1n) is 9.61. The van der Waals surface area contributed by atoms with E-state index in [4.69, 9.17) is 4.74 Å². The summed E-state index contributed by atoms with van der Waals surface area (Å²) in [6.45, 7) is 5.22. The van der Waals surface area contributed by atoms with Gasteiger partial charge >= 0.3 is 0 Å². The van der Waals surface area contributed by atoms with Crippen LogP contribution in [0.25, 0.3) is 0 Å². The molecular formula is C21H26N2O3. The Morgan fingerprint density at radius 3 is 2.50 bits per heavy atom. The van der Waals surface area contributed by atoms with Crippen LogP contribution in [0.15, 0.2) is 36.0 Å². The summed E-state index contributed by atoms with van der Waals surface area (Å²) in [6, 6.07) is 7.63. The van der Waals surface area contributed by atoms with Crippen molar-refractivity contribution in [1.82, 2.24) is 4.90 Å². The number of carbonyl (C=O) groups excluding carboxylic acids is 2. The molecule has 0 saturated carbocycles. The molecule has 0 N–H and O–H groups in total. The highest BCUT2D eigenvalue weighted by Crippen LogP contribution is 2.40. The van der Waals surface area contributed by atoms with Crippen molar-refractivity contribution in [2.45, 2.75) is 32.6 Å². The highest BCUT2D eigenvalue weighted by Gasteiger charge is 2.45. The molecule has 0 bridgehead atoms. The Hall–Kier alpha value is -2.14. The van der Waals surface area contributed by atoms with Gasteiger partial charge in [-0.1, -0.05) is 23.8 Å². The van der Waals surface area contributed by atoms with Crippen molar-refractivity contribution >= 4 is 17.5 Å². The number of ether oxygens (including phenoxy) is 1. The number of nitrogens with zero attached hydrogens (tertiary/aromatic N) is 2. The number of anilines is 1. The second kappa shape index (κ2) is 7.23. The third-order valence-corrected chi connectivity index (χ3v) is 5.79. The van der Waals surface area contributed by atoms with Crippen LogP contribution >= 0.6 is 0 Å². The standard InChI is InChI=1S/C21H26N2O3/c1-15-6-8-16(9-7-15)23-20(24)14-18(21(23)25)17-4-2-3-5-19(17)22-10-12-26-13-11-22/h5-9,17-18H,2-4,10-14H2,1H3/t17-,18-/m1/s1. The molecule has 0 aromatic heterocycles. The van der Waals surface area contributed by atoms with Gasteiger partial charge in [-0.3, -0.25) is 14.5 Å². The number of hydrogen-bond acceptors (Lipinski definition) is 4. The Labute approximate surface area is 154 Å². The molecule has 5 nitrogen and oxygen atoms in total. The molecular weight excluding hydrogens is 328 g/mol. The summed E-state index contributed by atoms with van der Waals surface area (Å²) in [6.07, 6.45) is 5.72. The minimum Gasteiger partial charge on any atom is -0.378 e. The predicted octanol–water partition coefficient (Wildman–Crippen LogP) is 2.89. The zero-order chi connectivity index (χ0) is 18.1. The molecule has 2 atom stereocenters. The minimum absolute atomic E-state index is 0.0371. The highest BCUT2D eigenvalue weighted by atomic mass is 16.5. The van der Waals surface area contributed by atoms with Crippen molar-refractivity contribution in [2.24, 2.45) is 11.8 Å². The molecule has 3 aliphatic rings. The SMILES string of the molecule is Cc1ccc(N2C(=O)C[C@H]([C@H]3CCCC=C3N3CCOCC3)C2=O)cc1. The molecule has 1 aromatic carbocycles. The van der Waals surface area contributed by atoms with Gasteiger partial charge in [0.05, 0.1) is 24.8 Å². The first-order valence-corrected chi connectivity index (χ1v) is 9.61. The third-order valence-electron chi connectivity index (χ3n) is 5.79. The fourth-order valence-corrected chi connectivity index (χ4v) is 4.41. The number of carbonyl (C=O) groups is 2. The van der Waals surface area contributed by atoms with Crippen LogP contribution in [-0.2, 0) is 14.3 Å². The quantitative estimate of drug-likeness (QED) is 0.783. The van der Waals surface area contributed by atoms with E-state index in [0.717, 1.165) is 51.1 Å². The molecule has 26 heavy (non-hydrogen) atoms. The number of benzene rings is 1. The zero-order valence-corrected chi connectivity index (χ0v) is 15.3. The van der Waals surface area contributed by atoms with Crippen LogP contribution in [0.3, 0.4) is 0 Å². The number of amides is 2. The number of hydrogen-bond donors (Lipinski definition) is 0. The molecule has 1 aromatic rings. The first kappa shape index (κ1) is 17.3. The smallest absolute Gasteiger partial charge is 0.238 e. The summed E-state index contributed by atoms with van der Waals surface area (Å²) in [5, 5.41) is 0. The van der Waals surface area contributed by atoms with Crippen LogP contribution in [0.5, 0.6) is 0 Å². The summed E-state index contributed by atoms with van der Waals surface area (Å²) in [5.41, 5.74) is 3.08. The fourth-order valence-electron chi connectivity index (χ4n) is 4.41. The van der Waals surface area contributed by atoms with Crippen LogP contribution in [0, 0.1) is 18.8 Å². The summed E-state index contributed by atoms with van der Waals surface area (Å²) >= 11 is 0. The van der Waals surface area contributed by atoms with Crippen molar-refractivity contribution in [3.8, 4) is 0 Å². The summed E-state index contributed by atoms with van der Waals surface area (Å²) < 4.78 is 5.48. The lowest BCUT2D eigenvalue weighted by molar-refractivity contribution is -0.123. The molecule has 2 heterocycles. The average Bonchev–Trinajstić information content (AvgIpc) is 2.97.